The van der Waals surface area contributed by atoms with Crippen LogP contribution in [0.25, 0.3) is 10.4 Å². The van der Waals surface area contributed by atoms with Gasteiger partial charge in [0.2, 0.25) is 0 Å². The van der Waals surface area contributed by atoms with Crippen molar-refractivity contribution in [1.29, 1.82) is 0 Å². The lowest BCUT2D eigenvalue weighted by molar-refractivity contribution is 0.436. The molecule has 0 saturated carbocycles. The Labute approximate surface area is 88.3 Å². The van der Waals surface area contributed by atoms with Crippen molar-refractivity contribution in [2.24, 2.45) is 5.11 Å². The van der Waals surface area contributed by atoms with Crippen LogP contribution in [0, 0.1) is 23.3 Å². The summed E-state index contributed by atoms with van der Waals surface area (Å²) in [5, 5.41) is 2.58. The van der Waals surface area contributed by atoms with Gasteiger partial charge in [0, 0.05) is 10.5 Å². The smallest absolute Gasteiger partial charge is 0.171 e. The van der Waals surface area contributed by atoms with Gasteiger partial charge in [0.1, 0.15) is 5.69 Å². The topological polar surface area (TPSA) is 48.8 Å². The second kappa shape index (κ2) is 4.40. The fourth-order valence-corrected chi connectivity index (χ4v) is 1.28. The molecule has 1 aromatic rings. The lowest BCUT2D eigenvalue weighted by Gasteiger charge is -2.11. The summed E-state index contributed by atoms with van der Waals surface area (Å²) in [7, 11) is 0. The number of nitrogens with zero attached hydrogens (tertiary/aromatic N) is 3. The maximum atomic E-state index is 13.3. The molecule has 86 valence electrons. The zero-order valence-electron chi connectivity index (χ0n) is 8.43. The van der Waals surface area contributed by atoms with Crippen LogP contribution in [-0.4, -0.2) is 0 Å². The van der Waals surface area contributed by atoms with E-state index in [4.69, 9.17) is 5.53 Å². The minimum Gasteiger partial charge on any atom is -0.203 e. The van der Waals surface area contributed by atoms with E-state index in [2.05, 4.69) is 10.0 Å². The van der Waals surface area contributed by atoms with E-state index >= 15 is 0 Å². The summed E-state index contributed by atoms with van der Waals surface area (Å²) in [5.74, 6) is -7.16. The van der Waals surface area contributed by atoms with Gasteiger partial charge in [0.15, 0.2) is 23.3 Å². The van der Waals surface area contributed by atoms with Gasteiger partial charge in [0.25, 0.3) is 0 Å². The third kappa shape index (κ3) is 1.81. The Balaban J connectivity index is 3.69. The second-order valence-corrected chi connectivity index (χ2v) is 3.36. The molecule has 0 radical (unpaired) electrons. The van der Waals surface area contributed by atoms with Crippen LogP contribution in [0.2, 0.25) is 0 Å². The van der Waals surface area contributed by atoms with Gasteiger partial charge >= 0.3 is 0 Å². The van der Waals surface area contributed by atoms with E-state index in [1.165, 1.54) is 13.8 Å². The molecular formula is C9H7F4N3. The molecule has 0 aliphatic rings. The molecule has 1 rings (SSSR count). The van der Waals surface area contributed by atoms with Gasteiger partial charge in [-0.1, -0.05) is 19.0 Å². The number of rotatable bonds is 2. The van der Waals surface area contributed by atoms with Crippen LogP contribution in [0.3, 0.4) is 0 Å². The molecule has 0 aliphatic heterocycles. The summed E-state index contributed by atoms with van der Waals surface area (Å²) in [5.41, 5.74) is 6.02. The molecule has 0 unspecified atom stereocenters. The normalized spacial score (nSPS) is 10.4. The zero-order valence-corrected chi connectivity index (χ0v) is 8.43. The number of hydrogen-bond donors (Lipinski definition) is 0. The van der Waals surface area contributed by atoms with Crippen LogP contribution < -0.4 is 0 Å². The molecule has 0 aromatic heterocycles. The SMILES string of the molecule is CC(C)c1c(F)c(F)c(N=[N+]=[N-])c(F)c1F. The van der Waals surface area contributed by atoms with Crippen LogP contribution in [-0.2, 0) is 0 Å². The summed E-state index contributed by atoms with van der Waals surface area (Å²) in [6.07, 6.45) is 0. The van der Waals surface area contributed by atoms with Crippen molar-refractivity contribution >= 4 is 5.69 Å². The van der Waals surface area contributed by atoms with Crippen LogP contribution >= 0.6 is 0 Å². The van der Waals surface area contributed by atoms with Crippen molar-refractivity contribution in [2.45, 2.75) is 19.8 Å². The molecule has 0 fully saturated rings. The van der Waals surface area contributed by atoms with Crippen molar-refractivity contribution in [1.82, 2.24) is 0 Å². The molecule has 3 nitrogen and oxygen atoms in total. The molecule has 0 bridgehead atoms. The predicted molar refractivity (Wildman–Crippen MR) is 49.2 cm³/mol. The van der Waals surface area contributed by atoms with Gasteiger partial charge in [0.05, 0.1) is 0 Å². The van der Waals surface area contributed by atoms with E-state index in [0.29, 0.717) is 0 Å². The number of benzene rings is 1. The lowest BCUT2D eigenvalue weighted by Crippen LogP contribution is -2.05. The Morgan fingerprint density at radius 2 is 1.44 bits per heavy atom. The summed E-state index contributed by atoms with van der Waals surface area (Å²) < 4.78 is 53.0. The van der Waals surface area contributed by atoms with E-state index in [1.807, 2.05) is 0 Å². The Bertz CT molecular complexity index is 449. The van der Waals surface area contributed by atoms with Gasteiger partial charge in [-0.3, -0.25) is 0 Å². The molecule has 0 atom stereocenters. The number of hydrogen-bond acceptors (Lipinski definition) is 1. The molecule has 7 heteroatoms. The lowest BCUT2D eigenvalue weighted by atomic mass is 10.0. The molecular weight excluding hydrogens is 226 g/mol. The van der Waals surface area contributed by atoms with Gasteiger partial charge in [-0.25, -0.2) is 17.6 Å². The van der Waals surface area contributed by atoms with Crippen LogP contribution in [0.5, 0.6) is 0 Å². The highest BCUT2D eigenvalue weighted by Crippen LogP contribution is 2.33. The minimum absolute atomic E-state index is 0.702. The van der Waals surface area contributed by atoms with Gasteiger partial charge in [-0.05, 0) is 11.4 Å². The van der Waals surface area contributed by atoms with Crippen molar-refractivity contribution in [3.05, 3.63) is 39.3 Å². The molecule has 0 aliphatic carbocycles. The molecule has 0 spiro atoms. The fraction of sp³-hybridized carbons (Fsp3) is 0.333. The Hall–Kier alpha value is -1.75. The van der Waals surface area contributed by atoms with Crippen molar-refractivity contribution in [3.8, 4) is 0 Å². The van der Waals surface area contributed by atoms with Crippen LogP contribution in [0.1, 0.15) is 25.3 Å². The Morgan fingerprint density at radius 1 is 1.00 bits per heavy atom. The maximum Gasteiger partial charge on any atom is 0.171 e. The highest BCUT2D eigenvalue weighted by molar-refractivity contribution is 5.45. The van der Waals surface area contributed by atoms with Crippen molar-refractivity contribution in [3.63, 3.8) is 0 Å². The van der Waals surface area contributed by atoms with Crippen LogP contribution in [0.15, 0.2) is 5.11 Å². The molecule has 0 saturated heterocycles. The van der Waals surface area contributed by atoms with Gasteiger partial charge in [-0.15, -0.1) is 0 Å². The average molecular weight is 233 g/mol. The molecule has 1 aromatic carbocycles. The van der Waals surface area contributed by atoms with Crippen molar-refractivity contribution in [2.75, 3.05) is 0 Å². The highest BCUT2D eigenvalue weighted by Gasteiger charge is 2.25. The quantitative estimate of drug-likeness (QED) is 0.240. The fourth-order valence-electron chi connectivity index (χ4n) is 1.28. The summed E-state index contributed by atoms with van der Waals surface area (Å²) >= 11 is 0. The first-order valence-corrected chi connectivity index (χ1v) is 4.32. The molecule has 0 N–H and O–H groups in total. The first-order valence-electron chi connectivity index (χ1n) is 4.32. The predicted octanol–water partition coefficient (Wildman–Crippen LogP) is 4.31. The third-order valence-corrected chi connectivity index (χ3v) is 2.00. The summed E-state index contributed by atoms with van der Waals surface area (Å²) in [4.78, 5) is 2.10. The van der Waals surface area contributed by atoms with E-state index < -0.39 is 40.4 Å². The van der Waals surface area contributed by atoms with E-state index in [-0.39, 0.29) is 0 Å². The summed E-state index contributed by atoms with van der Waals surface area (Å²) in [6.45, 7) is 2.77. The van der Waals surface area contributed by atoms with Crippen molar-refractivity contribution < 1.29 is 17.6 Å². The van der Waals surface area contributed by atoms with E-state index in [9.17, 15) is 17.6 Å². The second-order valence-electron chi connectivity index (χ2n) is 3.36. The first kappa shape index (κ1) is 12.3. The minimum atomic E-state index is -1.68. The van der Waals surface area contributed by atoms with Gasteiger partial charge < -0.3 is 0 Å². The van der Waals surface area contributed by atoms with E-state index in [0.717, 1.165) is 0 Å². The van der Waals surface area contributed by atoms with E-state index in [1.54, 1.807) is 0 Å². The first-order chi connectivity index (χ1) is 7.41. The van der Waals surface area contributed by atoms with Crippen LogP contribution in [0.4, 0.5) is 23.2 Å². The Morgan fingerprint density at radius 3 is 1.75 bits per heavy atom. The third-order valence-electron chi connectivity index (χ3n) is 2.00. The highest BCUT2D eigenvalue weighted by atomic mass is 19.2. The number of halogens is 4. The Kier molecular flexibility index (Phi) is 3.39. The standard InChI is InChI=1S/C9H7F4N3/c1-3(2)4-5(10)7(12)9(15-16-14)8(13)6(4)11/h3H,1-2H3. The molecule has 0 amide bonds. The molecule has 16 heavy (non-hydrogen) atoms. The summed E-state index contributed by atoms with van der Waals surface area (Å²) in [6, 6.07) is 0. The zero-order chi connectivity index (χ0) is 12.5. The largest absolute Gasteiger partial charge is 0.203 e. The number of azide groups is 1. The molecule has 0 heterocycles. The average Bonchev–Trinajstić information content (AvgIpc) is 2.21. The monoisotopic (exact) mass is 233 g/mol. The maximum absolute atomic E-state index is 13.3. The van der Waals surface area contributed by atoms with Gasteiger partial charge in [-0.2, -0.15) is 0 Å².